The van der Waals surface area contributed by atoms with Gasteiger partial charge in [-0.1, -0.05) is 11.8 Å². The maximum atomic E-state index is 11.8. The van der Waals surface area contributed by atoms with E-state index in [0.29, 0.717) is 11.1 Å². The third kappa shape index (κ3) is 5.55. The number of rotatable bonds is 5. The van der Waals surface area contributed by atoms with Crippen LogP contribution in [0.25, 0.3) is 0 Å². The molecule has 0 heterocycles. The Morgan fingerprint density at radius 3 is 2.43 bits per heavy atom. The molecule has 0 aliphatic carbocycles. The molecule has 1 rings (SSSR count). The maximum Gasteiger partial charge on any atom is 0.251 e. The number of aliphatic hydroxyl groups excluding tert-OH is 1. The van der Waals surface area contributed by atoms with Crippen molar-refractivity contribution in [2.45, 2.75) is 0 Å². The Hall–Kier alpha value is -1.88. The molecule has 114 valence electrons. The summed E-state index contributed by atoms with van der Waals surface area (Å²) in [5.41, 5.74) is 1.11. The molecule has 1 aromatic carbocycles. The number of nitrogens with one attached hydrogen (secondary N) is 1. The fourth-order valence-electron chi connectivity index (χ4n) is 1.42. The van der Waals surface area contributed by atoms with E-state index in [2.05, 4.69) is 17.2 Å². The fraction of sp³-hybridized carbons (Fsp3) is 0.357. The third-order valence-electron chi connectivity index (χ3n) is 2.66. The lowest BCUT2D eigenvalue weighted by Crippen LogP contribution is -2.33. The van der Waals surface area contributed by atoms with Gasteiger partial charge in [0.05, 0.1) is 5.75 Å². The fourth-order valence-corrected chi connectivity index (χ4v) is 2.15. The normalized spacial score (nSPS) is 10.9. The number of aliphatic hydroxyl groups is 1. The van der Waals surface area contributed by atoms with E-state index >= 15 is 0 Å². The van der Waals surface area contributed by atoms with E-state index in [4.69, 9.17) is 5.11 Å². The summed E-state index contributed by atoms with van der Waals surface area (Å²) in [5.74, 6) is 4.74. The second-order valence-corrected chi connectivity index (χ2v) is 6.69. The topological polar surface area (TPSA) is 86.7 Å². The molecule has 0 aliphatic rings. The van der Waals surface area contributed by atoms with Gasteiger partial charge in [0, 0.05) is 31.8 Å². The molecular formula is C14H18N2O4S. The Bertz CT molecular complexity index is 640. The van der Waals surface area contributed by atoms with Crippen LogP contribution in [0.5, 0.6) is 0 Å². The lowest BCUT2D eigenvalue weighted by molar-refractivity contribution is 0.0956. The van der Waals surface area contributed by atoms with Crippen LogP contribution in [0, 0.1) is 11.8 Å². The van der Waals surface area contributed by atoms with Gasteiger partial charge in [0.25, 0.3) is 5.91 Å². The molecule has 21 heavy (non-hydrogen) atoms. The molecule has 0 saturated heterocycles. The summed E-state index contributed by atoms with van der Waals surface area (Å²) in [6, 6.07) is 6.51. The van der Waals surface area contributed by atoms with Gasteiger partial charge in [0.1, 0.15) is 6.61 Å². The smallest absolute Gasteiger partial charge is 0.251 e. The second-order valence-electron chi connectivity index (χ2n) is 4.39. The first-order valence-corrected chi connectivity index (χ1v) is 7.86. The van der Waals surface area contributed by atoms with Crippen molar-refractivity contribution in [3.05, 3.63) is 35.4 Å². The lowest BCUT2D eigenvalue weighted by Gasteiger charge is -2.11. The van der Waals surface area contributed by atoms with Crippen molar-refractivity contribution in [1.29, 1.82) is 0 Å². The standard InChI is InChI=1S/C14H18N2O4S/c1-16(2)21(19,20)11-9-15-14(18)13-7-5-12(6-8-13)4-3-10-17/h5-8,17H,9-11H2,1-2H3,(H,15,18). The quantitative estimate of drug-likeness (QED) is 0.728. The van der Waals surface area contributed by atoms with Gasteiger partial charge in [0.2, 0.25) is 10.0 Å². The van der Waals surface area contributed by atoms with Crippen molar-refractivity contribution in [2.24, 2.45) is 0 Å². The highest BCUT2D eigenvalue weighted by atomic mass is 32.2. The molecule has 0 aromatic heterocycles. The number of hydrogen-bond acceptors (Lipinski definition) is 4. The molecule has 2 N–H and O–H groups in total. The zero-order valence-electron chi connectivity index (χ0n) is 12.0. The van der Waals surface area contributed by atoms with Gasteiger partial charge >= 0.3 is 0 Å². The van der Waals surface area contributed by atoms with Gasteiger partial charge < -0.3 is 10.4 Å². The number of sulfonamides is 1. The van der Waals surface area contributed by atoms with Crippen LogP contribution >= 0.6 is 0 Å². The predicted molar refractivity (Wildman–Crippen MR) is 80.2 cm³/mol. The summed E-state index contributed by atoms with van der Waals surface area (Å²) >= 11 is 0. The van der Waals surface area contributed by atoms with E-state index in [-0.39, 0.29) is 24.8 Å². The van der Waals surface area contributed by atoms with E-state index in [1.807, 2.05) is 0 Å². The van der Waals surface area contributed by atoms with Crippen LogP contribution in [-0.2, 0) is 10.0 Å². The minimum absolute atomic E-state index is 0.0470. The minimum Gasteiger partial charge on any atom is -0.384 e. The number of nitrogens with zero attached hydrogens (tertiary/aromatic N) is 1. The minimum atomic E-state index is -3.32. The van der Waals surface area contributed by atoms with Crippen LogP contribution in [0.2, 0.25) is 0 Å². The van der Waals surface area contributed by atoms with Gasteiger partial charge in [-0.3, -0.25) is 4.79 Å². The first-order chi connectivity index (χ1) is 9.86. The Morgan fingerprint density at radius 1 is 1.29 bits per heavy atom. The first-order valence-electron chi connectivity index (χ1n) is 6.25. The monoisotopic (exact) mass is 310 g/mol. The Balaban J connectivity index is 2.57. The zero-order valence-corrected chi connectivity index (χ0v) is 12.8. The van der Waals surface area contributed by atoms with Gasteiger partial charge in [-0.25, -0.2) is 12.7 Å². The highest BCUT2D eigenvalue weighted by Gasteiger charge is 2.14. The molecule has 0 atom stereocenters. The lowest BCUT2D eigenvalue weighted by atomic mass is 10.1. The number of amides is 1. The van der Waals surface area contributed by atoms with Gasteiger partial charge in [-0.2, -0.15) is 0 Å². The van der Waals surface area contributed by atoms with E-state index in [9.17, 15) is 13.2 Å². The zero-order chi connectivity index (χ0) is 15.9. The molecule has 6 nitrogen and oxygen atoms in total. The molecule has 0 unspecified atom stereocenters. The summed E-state index contributed by atoms with van der Waals surface area (Å²) in [6.45, 7) is -0.173. The SMILES string of the molecule is CN(C)S(=O)(=O)CCNC(=O)c1ccc(C#CCO)cc1. The highest BCUT2D eigenvalue weighted by Crippen LogP contribution is 2.03. The largest absolute Gasteiger partial charge is 0.384 e. The van der Waals surface area contributed by atoms with Crippen LogP contribution in [0.3, 0.4) is 0 Å². The van der Waals surface area contributed by atoms with Crippen LogP contribution in [-0.4, -0.2) is 56.7 Å². The Labute approximate surface area is 124 Å². The van der Waals surface area contributed by atoms with Gasteiger partial charge in [-0.05, 0) is 24.3 Å². The van der Waals surface area contributed by atoms with Crippen molar-refractivity contribution in [3.63, 3.8) is 0 Å². The molecule has 0 bridgehead atoms. The Kier molecular flexibility index (Phi) is 6.37. The van der Waals surface area contributed by atoms with E-state index in [0.717, 1.165) is 4.31 Å². The molecule has 0 spiro atoms. The average Bonchev–Trinajstić information content (AvgIpc) is 2.45. The summed E-state index contributed by atoms with van der Waals surface area (Å²) in [5, 5.41) is 11.1. The summed E-state index contributed by atoms with van der Waals surface area (Å²) in [4.78, 5) is 11.8. The summed E-state index contributed by atoms with van der Waals surface area (Å²) in [6.07, 6.45) is 0. The maximum absolute atomic E-state index is 11.8. The molecule has 0 radical (unpaired) electrons. The molecule has 1 aromatic rings. The molecule has 0 aliphatic heterocycles. The number of carbonyl (C=O) groups is 1. The van der Waals surface area contributed by atoms with Crippen LogP contribution in [0.15, 0.2) is 24.3 Å². The van der Waals surface area contributed by atoms with Crippen LogP contribution in [0.4, 0.5) is 0 Å². The van der Waals surface area contributed by atoms with E-state index < -0.39 is 10.0 Å². The Morgan fingerprint density at radius 2 is 1.90 bits per heavy atom. The second kappa shape index (κ2) is 7.78. The van der Waals surface area contributed by atoms with Gasteiger partial charge in [0.15, 0.2) is 0 Å². The van der Waals surface area contributed by atoms with Crippen molar-refractivity contribution >= 4 is 15.9 Å². The van der Waals surface area contributed by atoms with Crippen molar-refractivity contribution in [3.8, 4) is 11.8 Å². The van der Waals surface area contributed by atoms with E-state index in [1.54, 1.807) is 24.3 Å². The average molecular weight is 310 g/mol. The molecular weight excluding hydrogens is 292 g/mol. The third-order valence-corrected chi connectivity index (χ3v) is 4.49. The van der Waals surface area contributed by atoms with Crippen molar-refractivity contribution in [1.82, 2.24) is 9.62 Å². The van der Waals surface area contributed by atoms with Crippen molar-refractivity contribution < 1.29 is 18.3 Å². The molecule has 0 fully saturated rings. The number of carbonyl (C=O) groups excluding carboxylic acids is 1. The molecule has 0 saturated carbocycles. The van der Waals surface area contributed by atoms with Crippen molar-refractivity contribution in [2.75, 3.05) is 33.0 Å². The predicted octanol–water partition coefficient (Wildman–Crippen LogP) is -0.348. The highest BCUT2D eigenvalue weighted by molar-refractivity contribution is 7.89. The van der Waals surface area contributed by atoms with Crippen LogP contribution in [0.1, 0.15) is 15.9 Å². The van der Waals surface area contributed by atoms with Gasteiger partial charge in [-0.15, -0.1) is 0 Å². The van der Waals surface area contributed by atoms with Crippen LogP contribution < -0.4 is 5.32 Å². The molecule has 7 heteroatoms. The first kappa shape index (κ1) is 17.2. The van der Waals surface area contributed by atoms with E-state index in [1.165, 1.54) is 14.1 Å². The molecule has 1 amide bonds. The summed E-state index contributed by atoms with van der Waals surface area (Å²) < 4.78 is 24.2. The number of benzene rings is 1. The summed E-state index contributed by atoms with van der Waals surface area (Å²) in [7, 11) is -0.421. The number of hydrogen-bond donors (Lipinski definition) is 2.